The number of carbonyl (C=O) groups excluding carboxylic acids is 2. The van der Waals surface area contributed by atoms with Gasteiger partial charge in [0.15, 0.2) is 28.9 Å². The molecule has 14 heteroatoms. The van der Waals surface area contributed by atoms with E-state index in [4.69, 9.17) is 8.85 Å². The van der Waals surface area contributed by atoms with Crippen molar-refractivity contribution in [1.29, 1.82) is 0 Å². The molecule has 0 aliphatic rings. The van der Waals surface area contributed by atoms with Crippen LogP contribution in [-0.4, -0.2) is 79.8 Å². The van der Waals surface area contributed by atoms with Gasteiger partial charge in [-0.2, -0.15) is 5.10 Å². The van der Waals surface area contributed by atoms with Gasteiger partial charge in [-0.3, -0.25) is 19.3 Å². The maximum absolute atomic E-state index is 12.8. The molecule has 190 valence electrons. The number of pyridine rings is 1. The molecular weight excluding hydrogens is 478 g/mol. The molecule has 4 aromatic rings. The number of aryl methyl sites for hydroxylation is 1. The number of aromatic nitrogens is 7. The molecule has 3 N–H and O–H groups in total. The molecule has 14 nitrogen and oxygen atoms in total. The summed E-state index contributed by atoms with van der Waals surface area (Å²) in [6.07, 6.45) is 5.98. The van der Waals surface area contributed by atoms with Gasteiger partial charge in [0.25, 0.3) is 11.8 Å². The van der Waals surface area contributed by atoms with E-state index in [1.807, 2.05) is 5.32 Å². The number of hydrogen-bond donors (Lipinski definition) is 3. The van der Waals surface area contributed by atoms with Crippen molar-refractivity contribution < 1.29 is 18.4 Å². The van der Waals surface area contributed by atoms with Crippen molar-refractivity contribution in [3.05, 3.63) is 54.4 Å². The van der Waals surface area contributed by atoms with Crippen LogP contribution >= 0.6 is 0 Å². The Morgan fingerprint density at radius 1 is 1.08 bits per heavy atom. The summed E-state index contributed by atoms with van der Waals surface area (Å²) in [5, 5.41) is 20.0. The second-order valence-electron chi connectivity index (χ2n) is 7.80. The molecule has 4 heterocycles. The second kappa shape index (κ2) is 10.6. The van der Waals surface area contributed by atoms with E-state index >= 15 is 0 Å². The minimum absolute atomic E-state index is 0.0798. The van der Waals surface area contributed by atoms with Gasteiger partial charge in [0.05, 0.1) is 30.9 Å². The van der Waals surface area contributed by atoms with Crippen LogP contribution in [0, 0.1) is 0 Å². The predicted octanol–water partition coefficient (Wildman–Crippen LogP) is 1.62. The average Bonchev–Trinajstić information content (AvgIpc) is 3.31. The molecule has 0 radical (unpaired) electrons. The lowest BCUT2D eigenvalue weighted by molar-refractivity contribution is 0.0821. The number of nitrogens with zero attached hydrogens (tertiary/aromatic N) is 8. The summed E-state index contributed by atoms with van der Waals surface area (Å²) in [6, 6.07) is 4.80. The smallest absolute Gasteiger partial charge is 0.273 e. The highest BCUT2D eigenvalue weighted by Gasteiger charge is 2.20. The highest BCUT2D eigenvalue weighted by atomic mass is 16.5. The minimum atomic E-state index is -2.75. The van der Waals surface area contributed by atoms with Crippen LogP contribution in [0.5, 0.6) is 5.75 Å². The molecule has 0 unspecified atom stereocenters. The number of anilines is 4. The third-order valence-corrected chi connectivity index (χ3v) is 5.01. The number of rotatable bonds is 8. The largest absolute Gasteiger partial charge is 0.492 e. The van der Waals surface area contributed by atoms with E-state index in [1.54, 1.807) is 44.2 Å². The fourth-order valence-corrected chi connectivity index (χ4v) is 3.27. The Kier molecular flexibility index (Phi) is 6.09. The van der Waals surface area contributed by atoms with Gasteiger partial charge in [0, 0.05) is 62.3 Å². The van der Waals surface area contributed by atoms with Crippen LogP contribution in [0.2, 0.25) is 0 Å². The summed E-state index contributed by atoms with van der Waals surface area (Å²) >= 11 is 0. The predicted molar refractivity (Wildman–Crippen MR) is 135 cm³/mol. The fourth-order valence-electron chi connectivity index (χ4n) is 3.27. The molecule has 37 heavy (non-hydrogen) atoms. The molecule has 0 atom stereocenters. The van der Waals surface area contributed by atoms with Crippen LogP contribution in [0.25, 0.3) is 11.3 Å². The van der Waals surface area contributed by atoms with E-state index < -0.39 is 12.9 Å². The first-order valence-corrected chi connectivity index (χ1v) is 10.8. The second-order valence-corrected chi connectivity index (χ2v) is 7.80. The quantitative estimate of drug-likeness (QED) is 0.318. The molecule has 0 saturated carbocycles. The van der Waals surface area contributed by atoms with Gasteiger partial charge in [0.2, 0.25) is 0 Å². The van der Waals surface area contributed by atoms with Gasteiger partial charge in [0.1, 0.15) is 5.69 Å². The Morgan fingerprint density at radius 3 is 2.57 bits per heavy atom. The van der Waals surface area contributed by atoms with Crippen LogP contribution in [-0.2, 0) is 7.05 Å². The highest BCUT2D eigenvalue weighted by molar-refractivity contribution is 5.98. The minimum Gasteiger partial charge on any atom is -0.492 e. The van der Waals surface area contributed by atoms with Gasteiger partial charge in [-0.25, -0.2) is 9.97 Å². The van der Waals surface area contributed by atoms with E-state index in [-0.39, 0.29) is 40.4 Å². The summed E-state index contributed by atoms with van der Waals surface area (Å²) in [5.74, 6) is -0.201. The summed E-state index contributed by atoms with van der Waals surface area (Å²) < 4.78 is 29.4. The molecule has 0 aliphatic carbocycles. The maximum atomic E-state index is 12.8. The fraction of sp³-hybridized carbons (Fsp3) is 0.217. The zero-order valence-electron chi connectivity index (χ0n) is 23.3. The molecule has 4 aromatic heterocycles. The van der Waals surface area contributed by atoms with Crippen molar-refractivity contribution >= 4 is 35.0 Å². The van der Waals surface area contributed by atoms with Crippen molar-refractivity contribution in [2.24, 2.45) is 7.05 Å². The van der Waals surface area contributed by atoms with Crippen molar-refractivity contribution in [1.82, 2.24) is 45.1 Å². The number of amides is 2. The van der Waals surface area contributed by atoms with Gasteiger partial charge in [-0.1, -0.05) is 0 Å². The van der Waals surface area contributed by atoms with Crippen molar-refractivity contribution in [3.63, 3.8) is 0 Å². The number of carbonyl (C=O) groups is 2. The average molecular weight is 507 g/mol. The Morgan fingerprint density at radius 2 is 1.92 bits per heavy atom. The van der Waals surface area contributed by atoms with Gasteiger partial charge in [-0.05, 0) is 6.07 Å². The summed E-state index contributed by atoms with van der Waals surface area (Å²) in [7, 11) is 6.39. The zero-order valence-corrected chi connectivity index (χ0v) is 20.3. The lowest BCUT2D eigenvalue weighted by Gasteiger charge is -2.16. The van der Waals surface area contributed by atoms with E-state index in [9.17, 15) is 9.59 Å². The highest BCUT2D eigenvalue weighted by Crippen LogP contribution is 2.36. The molecule has 4 rings (SSSR count). The van der Waals surface area contributed by atoms with Crippen LogP contribution in [0.3, 0.4) is 0 Å². The first kappa shape index (κ1) is 21.2. The molecular formula is C23H25N11O3. The van der Waals surface area contributed by atoms with E-state index in [0.717, 1.165) is 0 Å². The summed E-state index contributed by atoms with van der Waals surface area (Å²) in [5.41, 5.74) is 0.822. The monoisotopic (exact) mass is 506 g/mol. The lowest BCUT2D eigenvalue weighted by Crippen LogP contribution is -2.22. The van der Waals surface area contributed by atoms with Crippen molar-refractivity contribution in [2.45, 2.75) is 0 Å². The van der Waals surface area contributed by atoms with Crippen molar-refractivity contribution in [2.75, 3.05) is 38.8 Å². The molecule has 0 aromatic carbocycles. The Labute approximate surface area is 216 Å². The SMILES string of the molecule is [2H]C([2H])([2H])NC(=O)c1nnc(Nc2ccn(C)n2)cc1Nc1nccc(-c2cnc(C(=O)N(C)C)cn2)c1OC. The molecule has 0 spiro atoms. The molecule has 0 fully saturated rings. The Bertz CT molecular complexity index is 1540. The van der Waals surface area contributed by atoms with E-state index in [2.05, 4.69) is 40.9 Å². The van der Waals surface area contributed by atoms with E-state index in [1.165, 1.54) is 36.7 Å². The number of nitrogens with one attached hydrogen (secondary N) is 3. The lowest BCUT2D eigenvalue weighted by atomic mass is 10.1. The zero-order chi connectivity index (χ0) is 29.0. The van der Waals surface area contributed by atoms with Crippen molar-refractivity contribution in [3.8, 4) is 17.0 Å². The first-order chi connectivity index (χ1) is 18.9. The number of methoxy groups -OCH3 is 1. The molecule has 2 amide bonds. The van der Waals surface area contributed by atoms with Crippen LogP contribution < -0.4 is 20.7 Å². The third kappa shape index (κ3) is 5.42. The summed E-state index contributed by atoms with van der Waals surface area (Å²) in [4.78, 5) is 39.2. The number of hydrogen-bond acceptors (Lipinski definition) is 11. The maximum Gasteiger partial charge on any atom is 0.273 e. The van der Waals surface area contributed by atoms with Gasteiger partial charge in [-0.15, -0.1) is 10.2 Å². The molecule has 0 bridgehead atoms. The standard InChI is InChI=1S/C23H25N11O3/c1-24-22(35)19-14(10-18(30-31-19)29-17-7-9-34(4)32-17)28-21-20(37-5)13(6-8-25-21)15-11-27-16(12-26-15)23(36)33(2)3/h6-12H,1-5H3,(H,24,35)(H2,25,28,29,30,32)/i1D3. The molecule has 0 saturated heterocycles. The van der Waals surface area contributed by atoms with Gasteiger partial charge < -0.3 is 25.6 Å². The van der Waals surface area contributed by atoms with E-state index in [0.29, 0.717) is 17.1 Å². The topological polar surface area (TPSA) is 165 Å². The third-order valence-electron chi connectivity index (χ3n) is 5.01. The summed E-state index contributed by atoms with van der Waals surface area (Å²) in [6.45, 7) is -2.75. The van der Waals surface area contributed by atoms with Gasteiger partial charge >= 0.3 is 0 Å². The Balaban J connectivity index is 1.72. The molecule has 0 aliphatic heterocycles. The van der Waals surface area contributed by atoms with Crippen LogP contribution in [0.1, 0.15) is 25.1 Å². The normalized spacial score (nSPS) is 12.1. The van der Waals surface area contributed by atoms with Crippen LogP contribution in [0.15, 0.2) is 43.0 Å². The first-order valence-electron chi connectivity index (χ1n) is 12.3. The number of ether oxygens (including phenoxy) is 1. The Hall–Kier alpha value is -5.14. The van der Waals surface area contributed by atoms with Crippen LogP contribution in [0.4, 0.5) is 23.1 Å².